The molecule has 0 atom stereocenters. The minimum absolute atomic E-state index is 0.111. The molecule has 84 valence electrons. The third-order valence-corrected chi connectivity index (χ3v) is 2.09. The van der Waals surface area contributed by atoms with Crippen LogP contribution in [0, 0.1) is 6.92 Å². The van der Waals surface area contributed by atoms with E-state index >= 15 is 0 Å². The SMILES string of the molecule is CN=C(N)NC(=O)/C=C/c1ccccc1C. The topological polar surface area (TPSA) is 67.5 Å². The van der Waals surface area contributed by atoms with E-state index < -0.39 is 0 Å². The standard InChI is InChI=1S/C12H15N3O/c1-9-5-3-4-6-10(9)7-8-11(16)15-12(13)14-2/h3-8H,1-2H3,(H3,13,14,15,16)/b8-7+. The molecule has 0 heterocycles. The number of benzene rings is 1. The van der Waals surface area contributed by atoms with Gasteiger partial charge in [0.05, 0.1) is 0 Å². The van der Waals surface area contributed by atoms with E-state index in [1.165, 1.54) is 13.1 Å². The molecule has 0 aliphatic carbocycles. The normalized spacial score (nSPS) is 11.8. The van der Waals surface area contributed by atoms with E-state index in [0.29, 0.717) is 0 Å². The van der Waals surface area contributed by atoms with Crippen molar-refractivity contribution in [1.82, 2.24) is 5.32 Å². The first kappa shape index (κ1) is 12.0. The van der Waals surface area contributed by atoms with Crippen LogP contribution < -0.4 is 11.1 Å². The molecule has 0 bridgehead atoms. The molecule has 0 spiro atoms. The molecule has 3 N–H and O–H groups in total. The molecular formula is C12H15N3O. The summed E-state index contributed by atoms with van der Waals surface area (Å²) >= 11 is 0. The molecule has 0 saturated carbocycles. The van der Waals surface area contributed by atoms with E-state index in [2.05, 4.69) is 10.3 Å². The van der Waals surface area contributed by atoms with E-state index in [1.807, 2.05) is 31.2 Å². The molecule has 1 rings (SSSR count). The summed E-state index contributed by atoms with van der Waals surface area (Å²) in [5.41, 5.74) is 7.48. The molecule has 1 aromatic rings. The predicted octanol–water partition coefficient (Wildman–Crippen LogP) is 1.07. The number of aliphatic imine (C=N–C) groups is 1. The van der Waals surface area contributed by atoms with Crippen LogP contribution in [0.2, 0.25) is 0 Å². The number of nitrogens with two attached hydrogens (primary N) is 1. The Kier molecular flexibility index (Phi) is 4.27. The van der Waals surface area contributed by atoms with Crippen LogP contribution in [-0.4, -0.2) is 18.9 Å². The monoisotopic (exact) mass is 217 g/mol. The Morgan fingerprint density at radius 3 is 2.75 bits per heavy atom. The maximum absolute atomic E-state index is 11.3. The van der Waals surface area contributed by atoms with Crippen LogP contribution in [0.5, 0.6) is 0 Å². The lowest BCUT2D eigenvalue weighted by atomic mass is 10.1. The molecule has 0 unspecified atom stereocenters. The van der Waals surface area contributed by atoms with Gasteiger partial charge in [-0.25, -0.2) is 0 Å². The first-order valence-corrected chi connectivity index (χ1v) is 4.90. The van der Waals surface area contributed by atoms with Gasteiger partial charge in [0.25, 0.3) is 5.91 Å². The van der Waals surface area contributed by atoms with Gasteiger partial charge in [-0.05, 0) is 24.1 Å². The van der Waals surface area contributed by atoms with Gasteiger partial charge >= 0.3 is 0 Å². The maximum atomic E-state index is 11.3. The summed E-state index contributed by atoms with van der Waals surface area (Å²) in [6, 6.07) is 7.80. The summed E-state index contributed by atoms with van der Waals surface area (Å²) in [6.45, 7) is 1.99. The van der Waals surface area contributed by atoms with Crippen LogP contribution in [0.15, 0.2) is 35.3 Å². The molecule has 4 heteroatoms. The summed E-state index contributed by atoms with van der Waals surface area (Å²) in [5.74, 6) is -0.175. The Labute approximate surface area is 94.9 Å². The molecule has 0 saturated heterocycles. The van der Waals surface area contributed by atoms with Gasteiger partial charge < -0.3 is 5.73 Å². The summed E-state index contributed by atoms with van der Waals surface area (Å²) < 4.78 is 0. The van der Waals surface area contributed by atoms with E-state index in [-0.39, 0.29) is 11.9 Å². The van der Waals surface area contributed by atoms with Crippen molar-refractivity contribution in [2.24, 2.45) is 10.7 Å². The second-order valence-corrected chi connectivity index (χ2v) is 3.29. The third kappa shape index (κ3) is 3.57. The van der Waals surface area contributed by atoms with Crippen molar-refractivity contribution in [2.45, 2.75) is 6.92 Å². The van der Waals surface area contributed by atoms with Crippen molar-refractivity contribution < 1.29 is 4.79 Å². The highest BCUT2D eigenvalue weighted by Gasteiger charge is 1.97. The van der Waals surface area contributed by atoms with Crippen molar-refractivity contribution in [1.29, 1.82) is 0 Å². The van der Waals surface area contributed by atoms with Gasteiger partial charge in [0, 0.05) is 13.1 Å². The predicted molar refractivity (Wildman–Crippen MR) is 65.9 cm³/mol. The molecule has 16 heavy (non-hydrogen) atoms. The number of rotatable bonds is 2. The Hall–Kier alpha value is -2.10. The zero-order valence-electron chi connectivity index (χ0n) is 9.40. The van der Waals surface area contributed by atoms with Crippen molar-refractivity contribution in [3.05, 3.63) is 41.5 Å². The Morgan fingerprint density at radius 1 is 1.44 bits per heavy atom. The van der Waals surface area contributed by atoms with Crippen molar-refractivity contribution in [3.8, 4) is 0 Å². The quantitative estimate of drug-likeness (QED) is 0.442. The molecule has 0 aromatic heterocycles. The van der Waals surface area contributed by atoms with Crippen LogP contribution >= 0.6 is 0 Å². The highest BCUT2D eigenvalue weighted by molar-refractivity contribution is 6.03. The molecule has 1 amide bonds. The largest absolute Gasteiger partial charge is 0.370 e. The van der Waals surface area contributed by atoms with Gasteiger partial charge in [0.2, 0.25) is 0 Å². The Bertz CT molecular complexity index is 436. The number of guanidine groups is 1. The molecule has 0 fully saturated rings. The average Bonchev–Trinajstić information content (AvgIpc) is 2.28. The van der Waals surface area contributed by atoms with Gasteiger partial charge in [-0.3, -0.25) is 15.1 Å². The van der Waals surface area contributed by atoms with Crippen LogP contribution in [0.1, 0.15) is 11.1 Å². The van der Waals surface area contributed by atoms with E-state index in [1.54, 1.807) is 6.08 Å². The lowest BCUT2D eigenvalue weighted by molar-refractivity contribution is -0.115. The van der Waals surface area contributed by atoms with E-state index in [9.17, 15) is 4.79 Å². The number of carbonyl (C=O) groups excluding carboxylic acids is 1. The minimum Gasteiger partial charge on any atom is -0.370 e. The number of amides is 1. The molecular weight excluding hydrogens is 202 g/mol. The zero-order valence-corrected chi connectivity index (χ0v) is 9.40. The lowest BCUT2D eigenvalue weighted by Crippen LogP contribution is -2.35. The first-order valence-electron chi connectivity index (χ1n) is 4.90. The highest BCUT2D eigenvalue weighted by atomic mass is 16.1. The molecule has 1 aromatic carbocycles. The molecule has 4 nitrogen and oxygen atoms in total. The fourth-order valence-corrected chi connectivity index (χ4v) is 1.16. The summed E-state index contributed by atoms with van der Waals surface area (Å²) in [4.78, 5) is 15.0. The van der Waals surface area contributed by atoms with Gasteiger partial charge in [-0.15, -0.1) is 0 Å². The number of hydrogen-bond acceptors (Lipinski definition) is 2. The van der Waals surface area contributed by atoms with Crippen LogP contribution in [-0.2, 0) is 4.79 Å². The molecule has 0 radical (unpaired) electrons. The molecule has 0 aliphatic rings. The van der Waals surface area contributed by atoms with E-state index in [0.717, 1.165) is 11.1 Å². The first-order chi connectivity index (χ1) is 7.63. The number of nitrogens with zero attached hydrogens (tertiary/aromatic N) is 1. The van der Waals surface area contributed by atoms with E-state index in [4.69, 9.17) is 5.73 Å². The number of aryl methyl sites for hydroxylation is 1. The maximum Gasteiger partial charge on any atom is 0.250 e. The van der Waals surface area contributed by atoms with Gasteiger partial charge in [-0.2, -0.15) is 0 Å². The highest BCUT2D eigenvalue weighted by Crippen LogP contribution is 2.08. The van der Waals surface area contributed by atoms with Gasteiger partial charge in [0.15, 0.2) is 5.96 Å². The lowest BCUT2D eigenvalue weighted by Gasteiger charge is -2.00. The number of nitrogens with one attached hydrogen (secondary N) is 1. The fraction of sp³-hybridized carbons (Fsp3) is 0.167. The minimum atomic E-state index is -0.286. The molecule has 0 aliphatic heterocycles. The number of hydrogen-bond donors (Lipinski definition) is 2. The number of carbonyl (C=O) groups is 1. The Balaban J connectivity index is 2.68. The summed E-state index contributed by atoms with van der Waals surface area (Å²) in [6.07, 6.45) is 3.17. The van der Waals surface area contributed by atoms with Gasteiger partial charge in [-0.1, -0.05) is 24.3 Å². The van der Waals surface area contributed by atoms with Crippen molar-refractivity contribution in [2.75, 3.05) is 7.05 Å². The van der Waals surface area contributed by atoms with Crippen molar-refractivity contribution >= 4 is 17.9 Å². The second-order valence-electron chi connectivity index (χ2n) is 3.29. The van der Waals surface area contributed by atoms with Crippen molar-refractivity contribution in [3.63, 3.8) is 0 Å². The van der Waals surface area contributed by atoms with Gasteiger partial charge in [0.1, 0.15) is 0 Å². The van der Waals surface area contributed by atoms with Crippen LogP contribution in [0.25, 0.3) is 6.08 Å². The zero-order chi connectivity index (χ0) is 12.0. The Morgan fingerprint density at radius 2 is 2.12 bits per heavy atom. The van der Waals surface area contributed by atoms with Crippen LogP contribution in [0.3, 0.4) is 0 Å². The second kappa shape index (κ2) is 5.70. The summed E-state index contributed by atoms with van der Waals surface area (Å²) in [7, 11) is 1.51. The smallest absolute Gasteiger partial charge is 0.250 e. The average molecular weight is 217 g/mol. The third-order valence-electron chi connectivity index (χ3n) is 2.09. The summed E-state index contributed by atoms with van der Waals surface area (Å²) in [5, 5.41) is 2.42. The van der Waals surface area contributed by atoms with Crippen LogP contribution in [0.4, 0.5) is 0 Å². The fourth-order valence-electron chi connectivity index (χ4n) is 1.16.